The Balaban J connectivity index is 1.07. The number of unbranched alkanes of at least 4 members (excludes halogenated alkanes) is 8. The van der Waals surface area contributed by atoms with E-state index in [0.717, 1.165) is 24.3 Å². The summed E-state index contributed by atoms with van der Waals surface area (Å²) in [7, 11) is 0. The summed E-state index contributed by atoms with van der Waals surface area (Å²) < 4.78 is 22.7. The van der Waals surface area contributed by atoms with E-state index in [1.54, 1.807) is 48.5 Å². The molecule has 10 nitrogen and oxygen atoms in total. The molecule has 0 atom stereocenters. The molecule has 0 heterocycles. The zero-order chi connectivity index (χ0) is 40.1. The first kappa shape index (κ1) is 42.3. The third-order valence-corrected chi connectivity index (χ3v) is 9.10. The maximum absolute atomic E-state index is 13.0. The number of ether oxygens (including phenoxy) is 4. The van der Waals surface area contributed by atoms with E-state index >= 15 is 0 Å². The van der Waals surface area contributed by atoms with Crippen molar-refractivity contribution in [1.29, 1.82) is 0 Å². The number of halogens is 1. The maximum Gasteiger partial charge on any atom is 0.343 e. The van der Waals surface area contributed by atoms with E-state index < -0.39 is 11.9 Å². The molecule has 0 aliphatic heterocycles. The van der Waals surface area contributed by atoms with Crippen molar-refractivity contribution in [3.8, 4) is 23.0 Å². The topological polar surface area (TPSA) is 121 Å². The number of rotatable bonds is 22. The van der Waals surface area contributed by atoms with E-state index in [2.05, 4.69) is 34.3 Å². The summed E-state index contributed by atoms with van der Waals surface area (Å²) in [4.78, 5) is 25.9. The number of esters is 2. The first-order valence-electron chi connectivity index (χ1n) is 19.6. The molecule has 0 bridgehead atoms. The van der Waals surface area contributed by atoms with Crippen LogP contribution in [-0.2, 0) is 0 Å². The molecule has 0 saturated heterocycles. The van der Waals surface area contributed by atoms with E-state index in [1.807, 2.05) is 48.5 Å². The molecule has 0 aliphatic carbocycles. The van der Waals surface area contributed by atoms with Crippen LogP contribution in [0.15, 0.2) is 136 Å². The number of azo groups is 2. The van der Waals surface area contributed by atoms with Gasteiger partial charge in [0.1, 0.15) is 17.2 Å². The standard InChI is InChI=1S/C46H49ClN4O6/c1-3-5-7-9-11-31-54-40-25-21-38(22-26-40)50-48-36-17-13-34(14-18-36)45(52)56-42-29-30-43(47)44(33-42)57-46(53)35-15-19-37(20-16-35)49-51-39-23-27-41(28-24-39)55-32-12-10-8-6-4-2/h13-30,33H,3-12,31-32H2,1-2H3. The van der Waals surface area contributed by atoms with Gasteiger partial charge in [-0.25, -0.2) is 9.59 Å². The molecule has 0 radical (unpaired) electrons. The number of hydrogen-bond acceptors (Lipinski definition) is 10. The van der Waals surface area contributed by atoms with Gasteiger partial charge in [-0.15, -0.1) is 0 Å². The van der Waals surface area contributed by atoms with E-state index in [1.165, 1.54) is 69.6 Å². The molecule has 0 aliphatic rings. The molecular weight excluding hydrogens is 740 g/mol. The second-order valence-corrected chi connectivity index (χ2v) is 13.8. The van der Waals surface area contributed by atoms with Crippen molar-refractivity contribution in [2.24, 2.45) is 20.5 Å². The molecule has 0 amide bonds. The van der Waals surface area contributed by atoms with Crippen LogP contribution in [0, 0.1) is 0 Å². The Morgan fingerprint density at radius 1 is 0.456 bits per heavy atom. The quantitative estimate of drug-likeness (QED) is 0.0298. The SMILES string of the molecule is CCCCCCCOc1ccc(N=Nc2ccc(C(=O)Oc3ccc(Cl)c(OC(=O)c4ccc(N=Nc5ccc(OCCCCCCC)cc5)cc4)c3)cc2)cc1. The lowest BCUT2D eigenvalue weighted by molar-refractivity contribution is 0.0733. The Bertz CT molecular complexity index is 2050. The fourth-order valence-corrected chi connectivity index (χ4v) is 5.67. The highest BCUT2D eigenvalue weighted by atomic mass is 35.5. The van der Waals surface area contributed by atoms with Gasteiger partial charge in [0.15, 0.2) is 5.75 Å². The third-order valence-electron chi connectivity index (χ3n) is 8.79. The smallest absolute Gasteiger partial charge is 0.343 e. The molecule has 0 N–H and O–H groups in total. The average Bonchev–Trinajstić information content (AvgIpc) is 3.24. The zero-order valence-corrected chi connectivity index (χ0v) is 33.3. The monoisotopic (exact) mass is 788 g/mol. The van der Waals surface area contributed by atoms with Crippen LogP contribution >= 0.6 is 11.6 Å². The van der Waals surface area contributed by atoms with Crippen LogP contribution in [-0.4, -0.2) is 25.2 Å². The van der Waals surface area contributed by atoms with Gasteiger partial charge < -0.3 is 18.9 Å². The Morgan fingerprint density at radius 3 is 1.25 bits per heavy atom. The molecule has 5 rings (SSSR count). The van der Waals surface area contributed by atoms with Crippen LogP contribution < -0.4 is 18.9 Å². The van der Waals surface area contributed by atoms with E-state index in [0.29, 0.717) is 41.5 Å². The van der Waals surface area contributed by atoms with Gasteiger partial charge in [-0.05, 0) is 122 Å². The molecule has 0 unspecified atom stereocenters. The first-order chi connectivity index (χ1) is 27.9. The summed E-state index contributed by atoms with van der Waals surface area (Å²) in [6.07, 6.45) is 11.9. The molecule has 0 fully saturated rings. The molecular formula is C46H49ClN4O6. The fourth-order valence-electron chi connectivity index (χ4n) is 5.52. The Labute approximate surface area is 339 Å². The predicted molar refractivity (Wildman–Crippen MR) is 224 cm³/mol. The molecule has 5 aromatic carbocycles. The van der Waals surface area contributed by atoms with Crippen molar-refractivity contribution in [3.05, 3.63) is 131 Å². The number of hydrogen-bond donors (Lipinski definition) is 0. The average molecular weight is 789 g/mol. The van der Waals surface area contributed by atoms with Gasteiger partial charge in [-0.3, -0.25) is 0 Å². The van der Waals surface area contributed by atoms with Gasteiger partial charge >= 0.3 is 11.9 Å². The second kappa shape index (κ2) is 23.3. The van der Waals surface area contributed by atoms with Crippen LogP contribution in [0.3, 0.4) is 0 Å². The van der Waals surface area contributed by atoms with Gasteiger partial charge in [-0.2, -0.15) is 20.5 Å². The minimum atomic E-state index is -0.646. The summed E-state index contributed by atoms with van der Waals surface area (Å²) in [5.74, 6) is 0.535. The van der Waals surface area contributed by atoms with Gasteiger partial charge in [0.05, 0.1) is 52.1 Å². The summed E-state index contributed by atoms with van der Waals surface area (Å²) >= 11 is 6.32. The highest BCUT2D eigenvalue weighted by molar-refractivity contribution is 6.32. The minimum absolute atomic E-state index is 0.0393. The van der Waals surface area contributed by atoms with Crippen molar-refractivity contribution in [2.45, 2.75) is 78.1 Å². The van der Waals surface area contributed by atoms with Crippen LogP contribution in [0.25, 0.3) is 0 Å². The molecule has 5 aromatic rings. The van der Waals surface area contributed by atoms with Crippen LogP contribution in [0.4, 0.5) is 22.7 Å². The molecule has 296 valence electrons. The third kappa shape index (κ3) is 14.6. The van der Waals surface area contributed by atoms with Crippen LogP contribution in [0.2, 0.25) is 5.02 Å². The van der Waals surface area contributed by atoms with Gasteiger partial charge in [-0.1, -0.05) is 76.8 Å². The van der Waals surface area contributed by atoms with Crippen LogP contribution in [0.1, 0.15) is 98.8 Å². The highest BCUT2D eigenvalue weighted by Crippen LogP contribution is 2.31. The summed E-state index contributed by atoms with van der Waals surface area (Å²) in [5, 5.41) is 17.3. The van der Waals surface area contributed by atoms with Gasteiger partial charge in [0, 0.05) is 6.07 Å². The lowest BCUT2D eigenvalue weighted by Crippen LogP contribution is -2.10. The fraction of sp³-hybridized carbons (Fsp3) is 0.304. The Hall–Kier alpha value is -5.87. The van der Waals surface area contributed by atoms with Gasteiger partial charge in [0.25, 0.3) is 0 Å². The van der Waals surface area contributed by atoms with E-state index in [-0.39, 0.29) is 22.1 Å². The number of benzene rings is 5. The van der Waals surface area contributed by atoms with Crippen molar-refractivity contribution < 1.29 is 28.5 Å². The molecule has 11 heteroatoms. The van der Waals surface area contributed by atoms with Crippen molar-refractivity contribution in [2.75, 3.05) is 13.2 Å². The van der Waals surface area contributed by atoms with Crippen LogP contribution in [0.5, 0.6) is 23.0 Å². The summed E-state index contributed by atoms with van der Waals surface area (Å²) in [6, 6.07) is 32.3. The number of nitrogens with zero attached hydrogens (tertiary/aromatic N) is 4. The zero-order valence-electron chi connectivity index (χ0n) is 32.6. The van der Waals surface area contributed by atoms with E-state index in [4.69, 9.17) is 30.5 Å². The minimum Gasteiger partial charge on any atom is -0.494 e. The number of carbonyl (C=O) groups is 2. The summed E-state index contributed by atoms with van der Waals surface area (Å²) in [5.41, 5.74) is 3.05. The Morgan fingerprint density at radius 2 is 0.825 bits per heavy atom. The largest absolute Gasteiger partial charge is 0.494 e. The maximum atomic E-state index is 13.0. The molecule has 0 spiro atoms. The first-order valence-corrected chi connectivity index (χ1v) is 20.0. The molecule has 0 aromatic heterocycles. The molecule has 57 heavy (non-hydrogen) atoms. The molecule has 0 saturated carbocycles. The van der Waals surface area contributed by atoms with Crippen molar-refractivity contribution in [1.82, 2.24) is 0 Å². The predicted octanol–water partition coefficient (Wildman–Crippen LogP) is 14.3. The van der Waals surface area contributed by atoms with E-state index in [9.17, 15) is 9.59 Å². The van der Waals surface area contributed by atoms with Crippen molar-refractivity contribution in [3.63, 3.8) is 0 Å². The number of carbonyl (C=O) groups excluding carboxylic acids is 2. The Kier molecular flexibility index (Phi) is 17.2. The highest BCUT2D eigenvalue weighted by Gasteiger charge is 2.15. The summed E-state index contributed by atoms with van der Waals surface area (Å²) in [6.45, 7) is 5.80. The second-order valence-electron chi connectivity index (χ2n) is 13.4. The lowest BCUT2D eigenvalue weighted by atomic mass is 10.2. The van der Waals surface area contributed by atoms with Gasteiger partial charge in [0.2, 0.25) is 0 Å². The van der Waals surface area contributed by atoms with Crippen molar-refractivity contribution >= 4 is 46.3 Å². The lowest BCUT2D eigenvalue weighted by Gasteiger charge is -2.09. The normalized spacial score (nSPS) is 11.2.